The number of hydrogen-bond donors (Lipinski definition) is 1. The molecule has 102 valence electrons. The molecule has 0 aromatic carbocycles. The van der Waals surface area contributed by atoms with Gasteiger partial charge in [-0.2, -0.15) is 0 Å². The maximum absolute atomic E-state index is 12.1. The lowest BCUT2D eigenvalue weighted by molar-refractivity contribution is -0.128. The second-order valence-corrected chi connectivity index (χ2v) is 6.52. The van der Waals surface area contributed by atoms with Crippen molar-refractivity contribution in [3.8, 4) is 0 Å². The topological polar surface area (TPSA) is 45.2 Å². The Hall–Kier alpha value is -0.810. The van der Waals surface area contributed by atoms with Crippen LogP contribution in [-0.2, 0) is 4.79 Å². The van der Waals surface area contributed by atoms with E-state index in [1.165, 1.54) is 0 Å². The van der Waals surface area contributed by atoms with Gasteiger partial charge >= 0.3 is 0 Å². The average molecular weight is 345 g/mol. The van der Waals surface area contributed by atoms with Gasteiger partial charge in [-0.1, -0.05) is 11.6 Å². The van der Waals surface area contributed by atoms with Gasteiger partial charge in [0.05, 0.1) is 20.6 Å². The summed E-state index contributed by atoms with van der Waals surface area (Å²) in [6.07, 6.45) is 6.30. The van der Waals surface area contributed by atoms with Gasteiger partial charge in [0.1, 0.15) is 0 Å². The van der Waals surface area contributed by atoms with Gasteiger partial charge in [0.25, 0.3) is 0 Å². The summed E-state index contributed by atoms with van der Waals surface area (Å²) in [5.74, 6) is 0.193. The highest BCUT2D eigenvalue weighted by molar-refractivity contribution is 9.10. The maximum Gasteiger partial charge on any atom is 0.228 e. The highest BCUT2D eigenvalue weighted by Crippen LogP contribution is 2.41. The van der Waals surface area contributed by atoms with Gasteiger partial charge in [0.15, 0.2) is 0 Å². The third-order valence-corrected chi connectivity index (χ3v) is 4.95. The van der Waals surface area contributed by atoms with Crippen molar-refractivity contribution in [3.63, 3.8) is 0 Å². The molecule has 1 amide bonds. The van der Waals surface area contributed by atoms with Crippen LogP contribution in [0.15, 0.2) is 16.9 Å². The number of hydrogen-bond acceptors (Lipinski definition) is 3. The Morgan fingerprint density at radius 3 is 2.95 bits per heavy atom. The summed E-state index contributed by atoms with van der Waals surface area (Å²) in [5, 5.41) is 3.59. The number of piperidine rings is 1. The largest absolute Gasteiger partial charge is 0.368 e. The normalized spacial score (nSPS) is 26.8. The highest BCUT2D eigenvalue weighted by atomic mass is 79.9. The number of carbonyl (C=O) groups is 1. The van der Waals surface area contributed by atoms with Gasteiger partial charge in [0.2, 0.25) is 5.91 Å². The predicted octanol–water partition coefficient (Wildman–Crippen LogP) is 2.60. The summed E-state index contributed by atoms with van der Waals surface area (Å²) < 4.78 is 0.885. The van der Waals surface area contributed by atoms with E-state index in [9.17, 15) is 4.79 Å². The van der Waals surface area contributed by atoms with Crippen LogP contribution in [0, 0.1) is 5.41 Å². The molecule has 0 radical (unpaired) electrons. The highest BCUT2D eigenvalue weighted by Gasteiger charge is 2.45. The average Bonchev–Trinajstić information content (AvgIpc) is 2.71. The minimum atomic E-state index is -0.232. The minimum Gasteiger partial charge on any atom is -0.368 e. The van der Waals surface area contributed by atoms with E-state index in [0.29, 0.717) is 5.02 Å². The molecule has 19 heavy (non-hydrogen) atoms. The quantitative estimate of drug-likeness (QED) is 0.852. The number of amides is 1. The molecule has 3 heterocycles. The molecule has 0 saturated carbocycles. The first-order chi connectivity index (χ1) is 9.12. The minimum absolute atomic E-state index is 0.193. The first-order valence-electron chi connectivity index (χ1n) is 6.45. The number of halogens is 2. The van der Waals surface area contributed by atoms with Crippen LogP contribution in [0.1, 0.15) is 19.3 Å². The summed E-state index contributed by atoms with van der Waals surface area (Å²) in [6.45, 7) is 2.45. The van der Waals surface area contributed by atoms with Crippen LogP contribution >= 0.6 is 27.5 Å². The Morgan fingerprint density at radius 2 is 2.26 bits per heavy atom. The Morgan fingerprint density at radius 1 is 1.42 bits per heavy atom. The molecular weight excluding hydrogens is 330 g/mol. The molecule has 2 saturated heterocycles. The Balaban J connectivity index is 1.92. The van der Waals surface area contributed by atoms with Crippen LogP contribution in [-0.4, -0.2) is 30.5 Å². The number of rotatable bonds is 1. The zero-order chi connectivity index (χ0) is 13.5. The van der Waals surface area contributed by atoms with Crippen LogP contribution in [0.25, 0.3) is 0 Å². The number of aromatic nitrogens is 1. The summed E-state index contributed by atoms with van der Waals surface area (Å²) in [6, 6.07) is 0. The Kier molecular flexibility index (Phi) is 3.43. The fourth-order valence-electron chi connectivity index (χ4n) is 3.13. The van der Waals surface area contributed by atoms with Gasteiger partial charge in [-0.3, -0.25) is 9.78 Å². The van der Waals surface area contributed by atoms with Crippen molar-refractivity contribution in [2.45, 2.75) is 19.3 Å². The van der Waals surface area contributed by atoms with Gasteiger partial charge in [-0.05, 0) is 35.2 Å². The van der Waals surface area contributed by atoms with E-state index in [-0.39, 0.29) is 11.3 Å². The van der Waals surface area contributed by atoms with Crippen LogP contribution in [0.5, 0.6) is 0 Å². The third-order valence-electron chi connectivity index (χ3n) is 4.09. The zero-order valence-corrected chi connectivity index (χ0v) is 12.8. The molecule has 6 heteroatoms. The molecule has 2 aliphatic rings. The molecule has 1 aromatic heterocycles. The Bertz CT molecular complexity index is 504. The van der Waals surface area contributed by atoms with Crippen molar-refractivity contribution in [2.24, 2.45) is 5.41 Å². The maximum atomic E-state index is 12.1. The van der Waals surface area contributed by atoms with Crippen molar-refractivity contribution in [2.75, 3.05) is 24.5 Å². The number of anilines is 1. The molecule has 1 unspecified atom stereocenters. The van der Waals surface area contributed by atoms with Gasteiger partial charge in [-0.15, -0.1) is 0 Å². The third kappa shape index (κ3) is 2.23. The standard InChI is InChI=1S/C13H15BrClN3O/c14-9-6-16-7-10(15)11(9)18-5-1-2-13(8-18)3-4-17-12(13)19/h6-7H,1-5,8H2,(H,17,19). The molecule has 4 nitrogen and oxygen atoms in total. The van der Waals surface area contributed by atoms with E-state index >= 15 is 0 Å². The fraction of sp³-hybridized carbons (Fsp3) is 0.538. The molecular formula is C13H15BrClN3O. The van der Waals surface area contributed by atoms with Crippen molar-refractivity contribution in [3.05, 3.63) is 21.9 Å². The molecule has 1 aromatic rings. The molecule has 1 atom stereocenters. The smallest absolute Gasteiger partial charge is 0.228 e. The molecule has 2 aliphatic heterocycles. The van der Waals surface area contributed by atoms with Crippen LogP contribution in [0.3, 0.4) is 0 Å². The van der Waals surface area contributed by atoms with E-state index in [2.05, 4.69) is 31.1 Å². The lowest BCUT2D eigenvalue weighted by Crippen LogP contribution is -2.47. The molecule has 3 rings (SSSR count). The predicted molar refractivity (Wildman–Crippen MR) is 78.5 cm³/mol. The zero-order valence-electron chi connectivity index (χ0n) is 10.5. The molecule has 0 aliphatic carbocycles. The van der Waals surface area contributed by atoms with Crippen LogP contribution in [0.2, 0.25) is 5.02 Å². The fourth-order valence-corrected chi connectivity index (χ4v) is 4.11. The van der Waals surface area contributed by atoms with Gasteiger partial charge in [-0.25, -0.2) is 0 Å². The lowest BCUT2D eigenvalue weighted by Gasteiger charge is -2.40. The van der Waals surface area contributed by atoms with Gasteiger partial charge in [0, 0.05) is 32.0 Å². The number of pyridine rings is 1. The second-order valence-electron chi connectivity index (χ2n) is 5.26. The summed E-state index contributed by atoms with van der Waals surface area (Å²) >= 11 is 9.77. The Labute approximate surface area is 125 Å². The molecule has 1 spiro atoms. The second kappa shape index (κ2) is 4.94. The summed E-state index contributed by atoms with van der Waals surface area (Å²) in [5.41, 5.74) is 0.722. The van der Waals surface area contributed by atoms with E-state index in [4.69, 9.17) is 11.6 Å². The van der Waals surface area contributed by atoms with E-state index in [0.717, 1.165) is 49.1 Å². The summed E-state index contributed by atoms with van der Waals surface area (Å²) in [7, 11) is 0. The number of carbonyl (C=O) groups excluding carboxylic acids is 1. The van der Waals surface area contributed by atoms with Crippen molar-refractivity contribution < 1.29 is 4.79 Å². The number of nitrogens with one attached hydrogen (secondary N) is 1. The van der Waals surface area contributed by atoms with E-state index < -0.39 is 0 Å². The SMILES string of the molecule is O=C1NCCC12CCCN(c1c(Cl)cncc1Br)C2. The van der Waals surface area contributed by atoms with E-state index in [1.54, 1.807) is 12.4 Å². The van der Waals surface area contributed by atoms with Crippen LogP contribution < -0.4 is 10.2 Å². The summed E-state index contributed by atoms with van der Waals surface area (Å²) in [4.78, 5) is 18.4. The van der Waals surface area contributed by atoms with Gasteiger partial charge < -0.3 is 10.2 Å². The molecule has 0 bridgehead atoms. The van der Waals surface area contributed by atoms with Crippen LogP contribution in [0.4, 0.5) is 5.69 Å². The molecule has 1 N–H and O–H groups in total. The lowest BCUT2D eigenvalue weighted by atomic mass is 9.78. The first-order valence-corrected chi connectivity index (χ1v) is 7.62. The number of nitrogens with zero attached hydrogens (tertiary/aromatic N) is 2. The van der Waals surface area contributed by atoms with Crippen molar-refractivity contribution >= 4 is 39.1 Å². The molecule has 2 fully saturated rings. The van der Waals surface area contributed by atoms with E-state index in [1.807, 2.05) is 0 Å². The van der Waals surface area contributed by atoms with Crippen molar-refractivity contribution in [1.29, 1.82) is 0 Å². The monoisotopic (exact) mass is 343 g/mol. The van der Waals surface area contributed by atoms with Crippen molar-refractivity contribution in [1.82, 2.24) is 10.3 Å². The first kappa shape index (κ1) is 13.2.